The first-order chi connectivity index (χ1) is 20.7. The summed E-state index contributed by atoms with van der Waals surface area (Å²) >= 11 is 0. The van der Waals surface area contributed by atoms with Crippen molar-refractivity contribution in [2.75, 3.05) is 32.5 Å². The van der Waals surface area contributed by atoms with Crippen LogP contribution in [0.3, 0.4) is 0 Å². The molecule has 14 heteroatoms. The average molecular weight is 627 g/mol. The van der Waals surface area contributed by atoms with Crippen LogP contribution in [0.4, 0.5) is 32.3 Å². The third kappa shape index (κ3) is 7.70. The molecule has 2 atom stereocenters. The molecule has 4 rings (SSSR count). The number of hydrogen-bond acceptors (Lipinski definition) is 6. The second-order valence-corrected chi connectivity index (χ2v) is 11.1. The fraction of sp³-hybridized carbons (Fsp3) is 0.500. The molecule has 0 saturated carbocycles. The van der Waals surface area contributed by atoms with Crippen molar-refractivity contribution in [3.8, 4) is 11.1 Å². The number of carbonyl (C=O) groups excluding carboxylic acids is 1. The molecule has 44 heavy (non-hydrogen) atoms. The number of amides is 1. The number of anilines is 1. The molecule has 240 valence electrons. The van der Waals surface area contributed by atoms with Gasteiger partial charge in [-0.1, -0.05) is 24.3 Å². The maximum atomic E-state index is 14.3. The lowest BCUT2D eigenvalue weighted by Gasteiger charge is -2.35. The molecule has 0 aliphatic carbocycles. The minimum Gasteiger partial charge on any atom is -0.385 e. The zero-order valence-corrected chi connectivity index (χ0v) is 24.5. The predicted molar refractivity (Wildman–Crippen MR) is 152 cm³/mol. The molecule has 0 radical (unpaired) electrons. The zero-order chi connectivity index (χ0) is 32.2. The summed E-state index contributed by atoms with van der Waals surface area (Å²) in [6.07, 6.45) is -6.12. The lowest BCUT2D eigenvalue weighted by molar-refractivity contribution is -0.162. The standard InChI is InChI=1S/C30H36F6N6O2/c1-18-25(29(31,32)33)26(30(34,35)36)27(42(18)11-4-12-44-2)21-5-3-10-41(17-21)24(43)14-23(37)13-19-6-8-20(9-7-19)22-15-39-28(38)40-16-22/h6-9,15-16,21,23H,3-5,10-14,17,37H2,1-2H3,(H2,38,39,40). The summed E-state index contributed by atoms with van der Waals surface area (Å²) in [5.41, 5.74) is 10.1. The monoisotopic (exact) mass is 626 g/mol. The summed E-state index contributed by atoms with van der Waals surface area (Å²) in [4.78, 5) is 22.6. The summed E-state index contributed by atoms with van der Waals surface area (Å²) in [5, 5.41) is 0. The van der Waals surface area contributed by atoms with E-state index in [1.165, 1.54) is 12.0 Å². The van der Waals surface area contributed by atoms with E-state index in [9.17, 15) is 31.1 Å². The van der Waals surface area contributed by atoms with Crippen LogP contribution in [-0.2, 0) is 34.8 Å². The van der Waals surface area contributed by atoms with E-state index in [-0.39, 0.29) is 57.4 Å². The molecular formula is C30H36F6N6O2. The van der Waals surface area contributed by atoms with Crippen molar-refractivity contribution in [2.24, 2.45) is 5.73 Å². The number of carbonyl (C=O) groups is 1. The quantitative estimate of drug-likeness (QED) is 0.225. The molecule has 1 aromatic carbocycles. The number of nitrogen functional groups attached to an aromatic ring is 1. The summed E-state index contributed by atoms with van der Waals surface area (Å²) in [6, 6.07) is 6.89. The Morgan fingerprint density at radius 1 is 1.05 bits per heavy atom. The van der Waals surface area contributed by atoms with Crippen LogP contribution in [-0.4, -0.2) is 58.2 Å². The number of piperidine rings is 1. The Morgan fingerprint density at radius 3 is 2.27 bits per heavy atom. The van der Waals surface area contributed by atoms with E-state index in [2.05, 4.69) is 9.97 Å². The molecule has 1 aliphatic heterocycles. The molecule has 0 bridgehead atoms. The van der Waals surface area contributed by atoms with Gasteiger partial charge in [-0.05, 0) is 43.7 Å². The van der Waals surface area contributed by atoms with Gasteiger partial charge in [-0.2, -0.15) is 26.3 Å². The number of likely N-dealkylation sites (tertiary alicyclic amines) is 1. The Labute approximate surface area is 251 Å². The van der Waals surface area contributed by atoms with E-state index >= 15 is 0 Å². The van der Waals surface area contributed by atoms with Crippen molar-refractivity contribution in [2.45, 2.75) is 69.9 Å². The fourth-order valence-corrected chi connectivity index (χ4v) is 5.95. The van der Waals surface area contributed by atoms with Gasteiger partial charge in [-0.25, -0.2) is 9.97 Å². The normalized spacial score (nSPS) is 16.8. The summed E-state index contributed by atoms with van der Waals surface area (Å²) in [6.45, 7) is 1.32. The van der Waals surface area contributed by atoms with Gasteiger partial charge >= 0.3 is 12.4 Å². The average Bonchev–Trinajstić information content (AvgIpc) is 3.27. The number of benzene rings is 1. The number of rotatable bonds is 10. The molecule has 1 saturated heterocycles. The molecule has 3 aromatic rings. The topological polar surface area (TPSA) is 112 Å². The highest BCUT2D eigenvalue weighted by molar-refractivity contribution is 5.77. The number of methoxy groups -OCH3 is 1. The van der Waals surface area contributed by atoms with Gasteiger partial charge in [0.2, 0.25) is 11.9 Å². The zero-order valence-electron chi connectivity index (χ0n) is 24.5. The second kappa shape index (κ2) is 13.6. The van der Waals surface area contributed by atoms with Gasteiger partial charge < -0.3 is 25.7 Å². The van der Waals surface area contributed by atoms with Crippen LogP contribution in [0, 0.1) is 6.92 Å². The Morgan fingerprint density at radius 2 is 1.68 bits per heavy atom. The SMILES string of the molecule is COCCCn1c(C)c(C(F)(F)F)c(C(F)(F)F)c1C1CCCN(C(=O)CC(N)Cc2ccc(-c3cnc(N)nc3)cc2)C1. The highest BCUT2D eigenvalue weighted by Crippen LogP contribution is 2.48. The third-order valence-corrected chi connectivity index (χ3v) is 7.92. The summed E-state index contributed by atoms with van der Waals surface area (Å²) in [7, 11) is 1.41. The number of ether oxygens (including phenoxy) is 1. The number of nitrogens with two attached hydrogens (primary N) is 2. The molecule has 8 nitrogen and oxygen atoms in total. The van der Waals surface area contributed by atoms with Gasteiger partial charge in [0.05, 0.1) is 11.1 Å². The van der Waals surface area contributed by atoms with Crippen LogP contribution < -0.4 is 11.5 Å². The van der Waals surface area contributed by atoms with E-state index in [0.29, 0.717) is 12.8 Å². The van der Waals surface area contributed by atoms with Crippen LogP contribution in [0.2, 0.25) is 0 Å². The van der Waals surface area contributed by atoms with Gasteiger partial charge in [0.15, 0.2) is 0 Å². The van der Waals surface area contributed by atoms with Crippen molar-refractivity contribution in [1.29, 1.82) is 0 Å². The highest BCUT2D eigenvalue weighted by Gasteiger charge is 2.50. The van der Waals surface area contributed by atoms with Crippen LogP contribution in [0.5, 0.6) is 0 Å². The number of nitrogens with zero attached hydrogens (tertiary/aromatic N) is 4. The van der Waals surface area contributed by atoms with E-state index < -0.39 is 46.8 Å². The Balaban J connectivity index is 1.50. The summed E-state index contributed by atoms with van der Waals surface area (Å²) < 4.78 is 91.0. The number of aromatic nitrogens is 3. The fourth-order valence-electron chi connectivity index (χ4n) is 5.95. The Bertz CT molecular complexity index is 1420. The second-order valence-electron chi connectivity index (χ2n) is 11.1. The molecule has 0 spiro atoms. The first-order valence-electron chi connectivity index (χ1n) is 14.3. The molecule has 2 aromatic heterocycles. The van der Waals surface area contributed by atoms with Crippen molar-refractivity contribution < 1.29 is 35.9 Å². The Kier molecular flexibility index (Phi) is 10.2. The van der Waals surface area contributed by atoms with Crippen molar-refractivity contribution in [3.05, 3.63) is 64.7 Å². The van der Waals surface area contributed by atoms with E-state index in [4.69, 9.17) is 16.2 Å². The lowest BCUT2D eigenvalue weighted by Crippen LogP contribution is -2.42. The molecule has 1 aliphatic rings. The van der Waals surface area contributed by atoms with Crippen molar-refractivity contribution in [1.82, 2.24) is 19.4 Å². The van der Waals surface area contributed by atoms with Gasteiger partial charge in [-0.15, -0.1) is 0 Å². The molecule has 1 fully saturated rings. The smallest absolute Gasteiger partial charge is 0.385 e. The molecule has 4 N–H and O–H groups in total. The van der Waals surface area contributed by atoms with E-state index in [1.807, 2.05) is 24.3 Å². The van der Waals surface area contributed by atoms with E-state index in [0.717, 1.165) is 28.2 Å². The molecule has 1 amide bonds. The molecule has 3 heterocycles. The number of halogens is 6. The molecule has 2 unspecified atom stereocenters. The minimum absolute atomic E-state index is 0.0614. The van der Waals surface area contributed by atoms with Gasteiger partial charge in [-0.3, -0.25) is 4.79 Å². The first-order valence-corrected chi connectivity index (χ1v) is 14.3. The Hall–Kier alpha value is -3.65. The number of alkyl halides is 6. The summed E-state index contributed by atoms with van der Waals surface area (Å²) in [5.74, 6) is -1.11. The maximum Gasteiger partial charge on any atom is 0.418 e. The van der Waals surface area contributed by atoms with Crippen LogP contribution >= 0.6 is 0 Å². The van der Waals surface area contributed by atoms with E-state index in [1.54, 1.807) is 12.4 Å². The predicted octanol–water partition coefficient (Wildman–Crippen LogP) is 5.58. The van der Waals surface area contributed by atoms with Crippen LogP contribution in [0.25, 0.3) is 11.1 Å². The maximum absolute atomic E-state index is 14.3. The first kappa shape index (κ1) is 33.2. The minimum atomic E-state index is -5.23. The van der Waals surface area contributed by atoms with Crippen LogP contribution in [0.15, 0.2) is 36.7 Å². The van der Waals surface area contributed by atoms with Crippen LogP contribution in [0.1, 0.15) is 59.7 Å². The van der Waals surface area contributed by atoms with Gasteiger partial charge in [0.1, 0.15) is 0 Å². The highest BCUT2D eigenvalue weighted by atomic mass is 19.4. The van der Waals surface area contributed by atoms with Crippen molar-refractivity contribution >= 4 is 11.9 Å². The largest absolute Gasteiger partial charge is 0.418 e. The van der Waals surface area contributed by atoms with Gasteiger partial charge in [0, 0.05) is 81.1 Å². The third-order valence-electron chi connectivity index (χ3n) is 7.92. The lowest BCUT2D eigenvalue weighted by atomic mass is 9.90. The number of hydrogen-bond donors (Lipinski definition) is 2. The van der Waals surface area contributed by atoms with Crippen molar-refractivity contribution in [3.63, 3.8) is 0 Å². The molecular weight excluding hydrogens is 590 g/mol. The van der Waals surface area contributed by atoms with Gasteiger partial charge in [0.25, 0.3) is 0 Å².